The van der Waals surface area contributed by atoms with Gasteiger partial charge in [0.05, 0.1) is 23.4 Å². The van der Waals surface area contributed by atoms with Gasteiger partial charge in [-0.15, -0.1) is 5.10 Å². The first-order chi connectivity index (χ1) is 17.5. The molecule has 0 aliphatic carbocycles. The van der Waals surface area contributed by atoms with Crippen molar-refractivity contribution in [3.05, 3.63) is 81.2 Å². The molecule has 14 nitrogen and oxygen atoms in total. The second kappa shape index (κ2) is 9.61. The van der Waals surface area contributed by atoms with Crippen molar-refractivity contribution in [2.75, 3.05) is 17.2 Å². The molecule has 36 heavy (non-hydrogen) atoms. The monoisotopic (exact) mass is 488 g/mol. The van der Waals surface area contributed by atoms with Crippen LogP contribution in [-0.4, -0.2) is 48.9 Å². The molecule has 0 spiro atoms. The number of nitro groups is 1. The van der Waals surface area contributed by atoms with Crippen LogP contribution in [-0.2, 0) is 13.0 Å². The third-order valence-corrected chi connectivity index (χ3v) is 5.71. The Kier molecular flexibility index (Phi) is 6.05. The molecule has 14 heteroatoms. The predicted octanol–water partition coefficient (Wildman–Crippen LogP) is 1.86. The van der Waals surface area contributed by atoms with Gasteiger partial charge in [-0.3, -0.25) is 14.9 Å². The number of para-hydroxylation sites is 1. The normalized spacial score (nSPS) is 13.1. The van der Waals surface area contributed by atoms with E-state index >= 15 is 0 Å². The number of non-ortho nitro benzene ring substituents is 1. The van der Waals surface area contributed by atoms with Gasteiger partial charge in [-0.2, -0.15) is 9.78 Å². The molecular formula is C22H20N10O4. The number of carbonyl (C=O) groups is 1. The molecule has 0 saturated heterocycles. The Morgan fingerprint density at radius 2 is 2.03 bits per heavy atom. The number of amides is 1. The zero-order chi connectivity index (χ0) is 25.1. The number of nitrogens with two attached hydrogens (primary N) is 1. The minimum atomic E-state index is -0.602. The molecule has 0 bridgehead atoms. The van der Waals surface area contributed by atoms with Gasteiger partial charge in [0, 0.05) is 24.4 Å². The van der Waals surface area contributed by atoms with E-state index in [1.54, 1.807) is 0 Å². The molecule has 182 valence electrons. The molecule has 0 atom stereocenters. The van der Waals surface area contributed by atoms with Gasteiger partial charge in [-0.1, -0.05) is 23.4 Å². The van der Waals surface area contributed by atoms with E-state index in [1.807, 2.05) is 18.2 Å². The fraction of sp³-hybridized carbons (Fsp3) is 0.182. The zero-order valence-corrected chi connectivity index (χ0v) is 18.8. The summed E-state index contributed by atoms with van der Waals surface area (Å²) in [6.07, 6.45) is 3.29. The fourth-order valence-electron chi connectivity index (χ4n) is 3.98. The molecule has 0 radical (unpaired) electrons. The van der Waals surface area contributed by atoms with Crippen LogP contribution in [0.5, 0.6) is 0 Å². The number of aryl methyl sites for hydroxylation is 1. The molecule has 0 unspecified atom stereocenters. The largest absolute Gasteiger partial charge is 0.378 e. The first kappa shape index (κ1) is 22.6. The number of nitrogen functional groups attached to an aromatic ring is 1. The summed E-state index contributed by atoms with van der Waals surface area (Å²) in [5.74, 6) is -0.477. The standard InChI is InChI=1S/C22H20N10O4/c23-20-21(28-36-27-20)31-18(13-30-11-3-5-15-4-1-2-6-17(15)30)19(25-29-31)22(33)26-24-12-14-7-9-16(10-8-14)32(34)35/h1-2,4,6-10,12H,3,5,11,13H2,(H2,23,27)(H,26,33)/b24-12-. The summed E-state index contributed by atoms with van der Waals surface area (Å²) in [5, 5.41) is 30.3. The Hall–Kier alpha value is -5.14. The molecule has 3 heterocycles. The van der Waals surface area contributed by atoms with E-state index in [4.69, 9.17) is 10.4 Å². The van der Waals surface area contributed by atoms with Crippen LogP contribution in [0.25, 0.3) is 5.82 Å². The second-order valence-electron chi connectivity index (χ2n) is 7.97. The van der Waals surface area contributed by atoms with Gasteiger partial charge >= 0.3 is 0 Å². The van der Waals surface area contributed by atoms with Gasteiger partial charge in [0.2, 0.25) is 11.6 Å². The summed E-state index contributed by atoms with van der Waals surface area (Å²) in [5.41, 5.74) is 11.6. The molecule has 2 aromatic heterocycles. The molecule has 1 amide bonds. The Labute approximate surface area is 203 Å². The van der Waals surface area contributed by atoms with Gasteiger partial charge in [0.1, 0.15) is 0 Å². The average molecular weight is 488 g/mol. The van der Waals surface area contributed by atoms with E-state index in [2.05, 4.69) is 42.1 Å². The lowest BCUT2D eigenvalue weighted by Crippen LogP contribution is -2.31. The lowest BCUT2D eigenvalue weighted by molar-refractivity contribution is -0.384. The summed E-state index contributed by atoms with van der Waals surface area (Å²) < 4.78 is 6.05. The van der Waals surface area contributed by atoms with Gasteiger partial charge in [0.15, 0.2) is 5.69 Å². The number of nitrogens with one attached hydrogen (secondary N) is 1. The van der Waals surface area contributed by atoms with E-state index in [9.17, 15) is 14.9 Å². The van der Waals surface area contributed by atoms with Crippen LogP contribution in [0.2, 0.25) is 0 Å². The van der Waals surface area contributed by atoms with Crippen molar-refractivity contribution in [3.8, 4) is 5.82 Å². The lowest BCUT2D eigenvalue weighted by atomic mass is 10.0. The summed E-state index contributed by atoms with van der Waals surface area (Å²) in [6.45, 7) is 1.07. The molecule has 0 fully saturated rings. The van der Waals surface area contributed by atoms with E-state index in [-0.39, 0.29) is 23.0 Å². The van der Waals surface area contributed by atoms with Gasteiger partial charge in [-0.25, -0.2) is 10.1 Å². The number of benzene rings is 2. The maximum absolute atomic E-state index is 13.0. The first-order valence-electron chi connectivity index (χ1n) is 10.9. The fourth-order valence-corrected chi connectivity index (χ4v) is 3.98. The zero-order valence-electron chi connectivity index (χ0n) is 18.8. The molecule has 1 aliphatic heterocycles. The lowest BCUT2D eigenvalue weighted by Gasteiger charge is -2.31. The minimum absolute atomic E-state index is 0.00310. The summed E-state index contributed by atoms with van der Waals surface area (Å²) in [7, 11) is 0. The number of nitrogens with zero attached hydrogens (tertiary/aromatic N) is 8. The van der Waals surface area contributed by atoms with Crippen molar-refractivity contribution >= 4 is 29.3 Å². The molecule has 0 saturated carbocycles. The maximum atomic E-state index is 13.0. The topological polar surface area (TPSA) is 183 Å². The number of hydrazone groups is 1. The second-order valence-corrected chi connectivity index (χ2v) is 7.97. The Balaban J connectivity index is 1.41. The third kappa shape index (κ3) is 4.46. The summed E-state index contributed by atoms with van der Waals surface area (Å²) in [6, 6.07) is 13.8. The number of carbonyl (C=O) groups excluding carboxylic acids is 1. The highest BCUT2D eigenvalue weighted by Crippen LogP contribution is 2.29. The SMILES string of the molecule is Nc1nonc1-n1nnc(C(=O)N/N=C\c2ccc([N+](=O)[O-])cc2)c1CN1CCCc2ccccc21. The van der Waals surface area contributed by atoms with Crippen LogP contribution in [0, 0.1) is 10.1 Å². The highest BCUT2D eigenvalue weighted by molar-refractivity contribution is 5.94. The molecule has 3 N–H and O–H groups in total. The quantitative estimate of drug-likeness (QED) is 0.221. The van der Waals surface area contributed by atoms with Gasteiger partial charge in [0.25, 0.3) is 11.6 Å². The molecule has 4 aromatic rings. The predicted molar refractivity (Wildman–Crippen MR) is 128 cm³/mol. The maximum Gasteiger partial charge on any atom is 0.293 e. The van der Waals surface area contributed by atoms with E-state index in [1.165, 1.54) is 40.7 Å². The van der Waals surface area contributed by atoms with Crippen molar-refractivity contribution in [2.45, 2.75) is 19.4 Å². The average Bonchev–Trinajstić information content (AvgIpc) is 3.50. The van der Waals surface area contributed by atoms with Crippen molar-refractivity contribution in [1.29, 1.82) is 0 Å². The van der Waals surface area contributed by atoms with Crippen molar-refractivity contribution in [2.24, 2.45) is 5.10 Å². The van der Waals surface area contributed by atoms with Crippen molar-refractivity contribution in [3.63, 3.8) is 0 Å². The molecule has 5 rings (SSSR count). The van der Waals surface area contributed by atoms with Crippen LogP contribution in [0.15, 0.2) is 58.3 Å². The number of hydrogen-bond acceptors (Lipinski definition) is 11. The van der Waals surface area contributed by atoms with E-state index < -0.39 is 10.8 Å². The Bertz CT molecular complexity index is 1440. The van der Waals surface area contributed by atoms with Crippen LogP contribution >= 0.6 is 0 Å². The number of fused-ring (bicyclic) bond motifs is 1. The van der Waals surface area contributed by atoms with Gasteiger partial charge in [-0.05, 0) is 52.5 Å². The Morgan fingerprint density at radius 3 is 2.78 bits per heavy atom. The van der Waals surface area contributed by atoms with Crippen LogP contribution in [0.4, 0.5) is 17.2 Å². The number of anilines is 2. The summed E-state index contributed by atoms with van der Waals surface area (Å²) in [4.78, 5) is 25.5. The molecular weight excluding hydrogens is 468 g/mol. The number of rotatable bonds is 7. The first-order valence-corrected chi connectivity index (χ1v) is 10.9. The van der Waals surface area contributed by atoms with Crippen LogP contribution in [0.3, 0.4) is 0 Å². The van der Waals surface area contributed by atoms with Crippen molar-refractivity contribution < 1.29 is 14.3 Å². The molecule has 1 aliphatic rings. The van der Waals surface area contributed by atoms with Gasteiger partial charge < -0.3 is 10.6 Å². The van der Waals surface area contributed by atoms with E-state index in [0.717, 1.165) is 25.1 Å². The Morgan fingerprint density at radius 1 is 1.22 bits per heavy atom. The van der Waals surface area contributed by atoms with Crippen LogP contribution < -0.4 is 16.1 Å². The third-order valence-electron chi connectivity index (χ3n) is 5.71. The smallest absolute Gasteiger partial charge is 0.293 e. The minimum Gasteiger partial charge on any atom is -0.378 e. The number of aromatic nitrogens is 5. The van der Waals surface area contributed by atoms with Crippen molar-refractivity contribution in [1.82, 2.24) is 30.7 Å². The highest BCUT2D eigenvalue weighted by atomic mass is 16.6. The molecule has 2 aromatic carbocycles. The number of nitro benzene ring substituents is 1. The summed E-state index contributed by atoms with van der Waals surface area (Å²) >= 11 is 0. The van der Waals surface area contributed by atoms with E-state index in [0.29, 0.717) is 17.8 Å². The van der Waals surface area contributed by atoms with Crippen LogP contribution in [0.1, 0.15) is 33.7 Å². The number of hydrogen-bond donors (Lipinski definition) is 2. The highest BCUT2D eigenvalue weighted by Gasteiger charge is 2.27.